The first-order valence-corrected chi connectivity index (χ1v) is 6.90. The summed E-state index contributed by atoms with van der Waals surface area (Å²) in [5, 5.41) is 15.0. The molecule has 0 aromatic carbocycles. The summed E-state index contributed by atoms with van der Waals surface area (Å²) in [6.45, 7) is 8.69. The van der Waals surface area contributed by atoms with Crippen molar-refractivity contribution < 1.29 is 9.90 Å². The fourth-order valence-corrected chi connectivity index (χ4v) is 2.04. The Bertz CT molecular complexity index is 427. The molecule has 20 heavy (non-hydrogen) atoms. The van der Waals surface area contributed by atoms with Crippen LogP contribution in [0.5, 0.6) is 0 Å². The Morgan fingerprint density at radius 2 is 2.10 bits per heavy atom. The van der Waals surface area contributed by atoms with E-state index < -0.39 is 0 Å². The van der Waals surface area contributed by atoms with Gasteiger partial charge in [0.05, 0.1) is 6.10 Å². The zero-order valence-electron chi connectivity index (χ0n) is 12.7. The molecule has 0 saturated carbocycles. The van der Waals surface area contributed by atoms with Gasteiger partial charge in [-0.25, -0.2) is 4.79 Å². The van der Waals surface area contributed by atoms with E-state index in [2.05, 4.69) is 15.6 Å². The van der Waals surface area contributed by atoms with E-state index in [1.807, 2.05) is 32.9 Å². The minimum absolute atomic E-state index is 0.128. The summed E-state index contributed by atoms with van der Waals surface area (Å²) < 4.78 is 0. The second-order valence-electron chi connectivity index (χ2n) is 6.06. The van der Waals surface area contributed by atoms with Gasteiger partial charge >= 0.3 is 6.03 Å². The number of aliphatic hydroxyl groups excluding tert-OH is 1. The molecule has 0 radical (unpaired) electrons. The van der Waals surface area contributed by atoms with Crippen molar-refractivity contribution in [1.29, 1.82) is 0 Å². The number of rotatable bonds is 6. The van der Waals surface area contributed by atoms with Gasteiger partial charge in [0, 0.05) is 25.0 Å². The van der Waals surface area contributed by atoms with E-state index in [4.69, 9.17) is 0 Å². The van der Waals surface area contributed by atoms with Crippen LogP contribution >= 0.6 is 0 Å². The van der Waals surface area contributed by atoms with E-state index in [0.29, 0.717) is 19.5 Å². The summed E-state index contributed by atoms with van der Waals surface area (Å²) in [6, 6.07) is 3.66. The number of carbonyl (C=O) groups excluding carboxylic acids is 1. The van der Waals surface area contributed by atoms with Crippen LogP contribution in [0.25, 0.3) is 0 Å². The van der Waals surface area contributed by atoms with Gasteiger partial charge in [0.15, 0.2) is 0 Å². The van der Waals surface area contributed by atoms with Crippen LogP contribution in [-0.4, -0.2) is 28.8 Å². The van der Waals surface area contributed by atoms with Gasteiger partial charge in [-0.3, -0.25) is 4.98 Å². The molecule has 1 heterocycles. The lowest BCUT2D eigenvalue weighted by atomic mass is 9.87. The van der Waals surface area contributed by atoms with Gasteiger partial charge in [-0.1, -0.05) is 19.9 Å². The molecule has 1 aromatic rings. The average molecular weight is 279 g/mol. The van der Waals surface area contributed by atoms with E-state index in [1.165, 1.54) is 0 Å². The number of hydrogen-bond acceptors (Lipinski definition) is 3. The van der Waals surface area contributed by atoms with Crippen LogP contribution in [0.4, 0.5) is 4.79 Å². The lowest BCUT2D eigenvalue weighted by Gasteiger charge is -2.26. The number of aromatic nitrogens is 1. The van der Waals surface area contributed by atoms with Gasteiger partial charge in [-0.15, -0.1) is 0 Å². The molecule has 1 atom stereocenters. The van der Waals surface area contributed by atoms with Crippen LogP contribution in [0.1, 0.15) is 38.4 Å². The summed E-state index contributed by atoms with van der Waals surface area (Å²) in [5.41, 5.74) is 1.80. The second-order valence-corrected chi connectivity index (χ2v) is 6.06. The van der Waals surface area contributed by atoms with E-state index in [0.717, 1.165) is 11.3 Å². The van der Waals surface area contributed by atoms with Crippen molar-refractivity contribution in [2.24, 2.45) is 5.41 Å². The van der Waals surface area contributed by atoms with E-state index >= 15 is 0 Å². The van der Waals surface area contributed by atoms with Crippen LogP contribution in [0.2, 0.25) is 0 Å². The van der Waals surface area contributed by atoms with Crippen molar-refractivity contribution in [1.82, 2.24) is 15.6 Å². The number of hydrogen-bond donors (Lipinski definition) is 3. The maximum atomic E-state index is 11.7. The van der Waals surface area contributed by atoms with Gasteiger partial charge in [-0.05, 0) is 37.3 Å². The first-order valence-electron chi connectivity index (χ1n) is 6.90. The highest BCUT2D eigenvalue weighted by Gasteiger charge is 2.20. The lowest BCUT2D eigenvalue weighted by molar-refractivity contribution is 0.129. The Labute approximate surface area is 120 Å². The van der Waals surface area contributed by atoms with Crippen molar-refractivity contribution >= 4 is 6.03 Å². The SMILES string of the molecule is Cc1ccc(CNC(=O)NCC(C)(C)CC(C)O)cn1. The number of nitrogens with zero attached hydrogens (tertiary/aromatic N) is 1. The number of nitrogens with one attached hydrogen (secondary N) is 2. The minimum atomic E-state index is -0.367. The Kier molecular flexibility index (Phi) is 5.95. The highest BCUT2D eigenvalue weighted by Crippen LogP contribution is 2.20. The van der Waals surface area contributed by atoms with Gasteiger partial charge in [0.2, 0.25) is 0 Å². The number of carbonyl (C=O) groups is 1. The Balaban J connectivity index is 2.32. The normalized spacial score (nSPS) is 12.8. The maximum absolute atomic E-state index is 11.7. The van der Waals surface area contributed by atoms with Crippen molar-refractivity contribution in [3.63, 3.8) is 0 Å². The van der Waals surface area contributed by atoms with E-state index in [-0.39, 0.29) is 17.6 Å². The fourth-order valence-electron chi connectivity index (χ4n) is 2.04. The number of amides is 2. The third-order valence-corrected chi connectivity index (χ3v) is 3.00. The molecule has 2 amide bonds. The highest BCUT2D eigenvalue weighted by atomic mass is 16.3. The third kappa shape index (κ3) is 6.52. The molecule has 3 N–H and O–H groups in total. The molecule has 5 nitrogen and oxygen atoms in total. The molecule has 0 aliphatic heterocycles. The maximum Gasteiger partial charge on any atom is 0.315 e. The molecular weight excluding hydrogens is 254 g/mol. The van der Waals surface area contributed by atoms with Crippen LogP contribution in [0.3, 0.4) is 0 Å². The zero-order chi connectivity index (χ0) is 15.2. The molecule has 112 valence electrons. The fraction of sp³-hybridized carbons (Fsp3) is 0.600. The monoisotopic (exact) mass is 279 g/mol. The molecule has 5 heteroatoms. The van der Waals surface area contributed by atoms with Crippen LogP contribution in [0, 0.1) is 12.3 Å². The largest absolute Gasteiger partial charge is 0.393 e. The summed E-state index contributed by atoms with van der Waals surface area (Å²) >= 11 is 0. The van der Waals surface area contributed by atoms with Gasteiger partial charge in [0.1, 0.15) is 0 Å². The Morgan fingerprint density at radius 3 is 2.65 bits per heavy atom. The number of aliphatic hydroxyl groups is 1. The predicted molar refractivity (Wildman–Crippen MR) is 79.3 cm³/mol. The molecular formula is C15H25N3O2. The summed E-state index contributed by atoms with van der Waals surface area (Å²) in [4.78, 5) is 15.9. The molecule has 1 rings (SSSR count). The molecule has 0 aliphatic rings. The Morgan fingerprint density at radius 1 is 1.40 bits per heavy atom. The second kappa shape index (κ2) is 7.24. The first kappa shape index (κ1) is 16.4. The topological polar surface area (TPSA) is 74.2 Å². The zero-order valence-corrected chi connectivity index (χ0v) is 12.7. The predicted octanol–water partition coefficient (Wildman–Crippen LogP) is 1.99. The van der Waals surface area contributed by atoms with Gasteiger partial charge in [0.25, 0.3) is 0 Å². The smallest absolute Gasteiger partial charge is 0.315 e. The van der Waals surface area contributed by atoms with Crippen molar-refractivity contribution in [2.75, 3.05) is 6.54 Å². The van der Waals surface area contributed by atoms with Gasteiger partial charge in [-0.2, -0.15) is 0 Å². The number of pyridine rings is 1. The molecule has 0 bridgehead atoms. The van der Waals surface area contributed by atoms with Crippen LogP contribution < -0.4 is 10.6 Å². The quantitative estimate of drug-likeness (QED) is 0.745. The summed E-state index contributed by atoms with van der Waals surface area (Å²) in [5.74, 6) is 0. The minimum Gasteiger partial charge on any atom is -0.393 e. The number of urea groups is 1. The van der Waals surface area contributed by atoms with E-state index in [1.54, 1.807) is 13.1 Å². The molecule has 0 aliphatic carbocycles. The Hall–Kier alpha value is -1.62. The van der Waals surface area contributed by atoms with E-state index in [9.17, 15) is 9.90 Å². The molecule has 0 spiro atoms. The van der Waals surface area contributed by atoms with Gasteiger partial charge < -0.3 is 15.7 Å². The summed E-state index contributed by atoms with van der Waals surface area (Å²) in [7, 11) is 0. The summed E-state index contributed by atoms with van der Waals surface area (Å²) in [6.07, 6.45) is 2.04. The molecule has 0 saturated heterocycles. The molecule has 1 aromatic heterocycles. The lowest BCUT2D eigenvalue weighted by Crippen LogP contribution is -2.41. The third-order valence-electron chi connectivity index (χ3n) is 3.00. The first-order chi connectivity index (χ1) is 9.28. The van der Waals surface area contributed by atoms with Crippen LogP contribution in [-0.2, 0) is 6.54 Å². The standard InChI is InChI=1S/C15H25N3O2/c1-11-5-6-13(8-16-11)9-17-14(20)18-10-15(3,4)7-12(2)19/h5-6,8,12,19H,7,9-10H2,1-4H3,(H2,17,18,20). The average Bonchev–Trinajstić information content (AvgIpc) is 2.34. The van der Waals surface area contributed by atoms with Crippen molar-refractivity contribution in [3.05, 3.63) is 29.6 Å². The van der Waals surface area contributed by atoms with Crippen molar-refractivity contribution in [2.45, 2.75) is 46.8 Å². The number of aryl methyl sites for hydroxylation is 1. The highest BCUT2D eigenvalue weighted by molar-refractivity contribution is 5.73. The molecule has 0 fully saturated rings. The van der Waals surface area contributed by atoms with Crippen LogP contribution in [0.15, 0.2) is 18.3 Å². The molecule has 1 unspecified atom stereocenters. The van der Waals surface area contributed by atoms with Crippen molar-refractivity contribution in [3.8, 4) is 0 Å².